The van der Waals surface area contributed by atoms with Crippen LogP contribution in [-0.2, 0) is 0 Å². The standard InChI is InChI=1S/C20H28N2O/c1-14(18-5-3-2-4-6-18)22-19(23)21-13-20-10-15-7-16(11-20)9-17(8-15)12-20/h2-6,14-17H,7-13H2,1H3,(H2,21,22,23)/t14-,15?,16?,17?,20?/m1/s1. The zero-order valence-electron chi connectivity index (χ0n) is 14.1. The summed E-state index contributed by atoms with van der Waals surface area (Å²) < 4.78 is 0. The molecular formula is C20H28N2O. The highest BCUT2D eigenvalue weighted by Gasteiger charge is 2.50. The second-order valence-electron chi connectivity index (χ2n) is 8.38. The molecule has 2 amide bonds. The summed E-state index contributed by atoms with van der Waals surface area (Å²) in [4.78, 5) is 12.3. The predicted molar refractivity (Wildman–Crippen MR) is 92.0 cm³/mol. The largest absolute Gasteiger partial charge is 0.338 e. The molecule has 3 nitrogen and oxygen atoms in total. The molecule has 1 aromatic rings. The van der Waals surface area contributed by atoms with Crippen molar-refractivity contribution in [1.29, 1.82) is 0 Å². The maximum Gasteiger partial charge on any atom is 0.315 e. The van der Waals surface area contributed by atoms with Crippen molar-refractivity contribution in [3.63, 3.8) is 0 Å². The van der Waals surface area contributed by atoms with E-state index in [1.807, 2.05) is 25.1 Å². The Labute approximate surface area is 139 Å². The number of hydrogen-bond donors (Lipinski definition) is 2. The number of benzene rings is 1. The van der Waals surface area contributed by atoms with E-state index in [9.17, 15) is 4.79 Å². The van der Waals surface area contributed by atoms with Gasteiger partial charge >= 0.3 is 6.03 Å². The number of urea groups is 1. The molecule has 4 fully saturated rings. The minimum atomic E-state index is -0.0166. The highest BCUT2D eigenvalue weighted by Crippen LogP contribution is 2.59. The molecule has 0 aliphatic heterocycles. The van der Waals surface area contributed by atoms with Crippen LogP contribution in [0.25, 0.3) is 0 Å². The molecule has 1 aromatic carbocycles. The van der Waals surface area contributed by atoms with Gasteiger partial charge in [-0.2, -0.15) is 0 Å². The van der Waals surface area contributed by atoms with Crippen LogP contribution in [0, 0.1) is 23.2 Å². The van der Waals surface area contributed by atoms with E-state index in [0.29, 0.717) is 5.41 Å². The summed E-state index contributed by atoms with van der Waals surface area (Å²) >= 11 is 0. The first-order chi connectivity index (χ1) is 11.1. The fraction of sp³-hybridized carbons (Fsp3) is 0.650. The van der Waals surface area contributed by atoms with Crippen LogP contribution in [0.3, 0.4) is 0 Å². The van der Waals surface area contributed by atoms with E-state index in [2.05, 4.69) is 22.8 Å². The molecular weight excluding hydrogens is 284 g/mol. The van der Waals surface area contributed by atoms with Gasteiger partial charge in [-0.1, -0.05) is 30.3 Å². The Morgan fingerprint density at radius 1 is 1.09 bits per heavy atom. The van der Waals surface area contributed by atoms with Gasteiger partial charge in [-0.3, -0.25) is 0 Å². The second-order valence-corrected chi connectivity index (χ2v) is 8.38. The van der Waals surface area contributed by atoms with Crippen molar-refractivity contribution in [3.05, 3.63) is 35.9 Å². The monoisotopic (exact) mass is 312 g/mol. The Morgan fingerprint density at radius 2 is 1.65 bits per heavy atom. The lowest BCUT2D eigenvalue weighted by Crippen LogP contribution is -2.52. The fourth-order valence-electron chi connectivity index (χ4n) is 5.85. The normalized spacial score (nSPS) is 35.8. The van der Waals surface area contributed by atoms with Gasteiger partial charge in [-0.05, 0) is 74.2 Å². The third-order valence-corrected chi connectivity index (χ3v) is 6.44. The van der Waals surface area contributed by atoms with Crippen LogP contribution < -0.4 is 10.6 Å². The summed E-state index contributed by atoms with van der Waals surface area (Å²) in [5.41, 5.74) is 1.56. The van der Waals surface area contributed by atoms with Gasteiger partial charge in [0, 0.05) is 6.54 Å². The van der Waals surface area contributed by atoms with Gasteiger partial charge in [0.1, 0.15) is 0 Å². The van der Waals surface area contributed by atoms with Crippen LogP contribution in [-0.4, -0.2) is 12.6 Å². The van der Waals surface area contributed by atoms with E-state index in [1.54, 1.807) is 0 Å². The van der Waals surface area contributed by atoms with Crippen molar-refractivity contribution >= 4 is 6.03 Å². The van der Waals surface area contributed by atoms with E-state index < -0.39 is 0 Å². The van der Waals surface area contributed by atoms with Crippen LogP contribution in [0.4, 0.5) is 4.79 Å². The highest BCUT2D eigenvalue weighted by atomic mass is 16.2. The van der Waals surface area contributed by atoms with Crippen molar-refractivity contribution in [1.82, 2.24) is 10.6 Å². The average molecular weight is 312 g/mol. The summed E-state index contributed by atoms with van der Waals surface area (Å²) in [7, 11) is 0. The van der Waals surface area contributed by atoms with Gasteiger partial charge < -0.3 is 10.6 Å². The first kappa shape index (κ1) is 15.0. The van der Waals surface area contributed by atoms with Crippen LogP contribution in [0.5, 0.6) is 0 Å². The Hall–Kier alpha value is -1.51. The Bertz CT molecular complexity index is 533. The summed E-state index contributed by atoms with van der Waals surface area (Å²) in [6, 6.07) is 10.2. The molecule has 5 rings (SSSR count). The third kappa shape index (κ3) is 3.11. The minimum Gasteiger partial charge on any atom is -0.338 e. The molecule has 1 atom stereocenters. The molecule has 4 bridgehead atoms. The number of hydrogen-bond acceptors (Lipinski definition) is 1. The topological polar surface area (TPSA) is 41.1 Å². The maximum absolute atomic E-state index is 12.3. The zero-order chi connectivity index (χ0) is 15.9. The van der Waals surface area contributed by atoms with Gasteiger partial charge in [-0.25, -0.2) is 4.79 Å². The van der Waals surface area contributed by atoms with E-state index in [0.717, 1.165) is 29.9 Å². The maximum atomic E-state index is 12.3. The SMILES string of the molecule is C[C@@H](NC(=O)NCC12CC3CC(CC(C3)C1)C2)c1ccccc1. The van der Waals surface area contributed by atoms with Crippen molar-refractivity contribution in [2.24, 2.45) is 23.2 Å². The van der Waals surface area contributed by atoms with E-state index >= 15 is 0 Å². The quantitative estimate of drug-likeness (QED) is 0.857. The number of carbonyl (C=O) groups is 1. The number of carbonyl (C=O) groups excluding carboxylic acids is 1. The lowest BCUT2D eigenvalue weighted by Gasteiger charge is -2.56. The van der Waals surface area contributed by atoms with Crippen LogP contribution in [0.1, 0.15) is 57.1 Å². The molecule has 4 aliphatic carbocycles. The average Bonchev–Trinajstić information content (AvgIpc) is 2.53. The lowest BCUT2D eigenvalue weighted by molar-refractivity contribution is -0.0498. The summed E-state index contributed by atoms with van der Waals surface area (Å²) in [5, 5.41) is 6.27. The van der Waals surface area contributed by atoms with Gasteiger partial charge in [0.25, 0.3) is 0 Å². The molecule has 0 aromatic heterocycles. The smallest absolute Gasteiger partial charge is 0.315 e. The van der Waals surface area contributed by atoms with Crippen molar-refractivity contribution in [3.8, 4) is 0 Å². The van der Waals surface area contributed by atoms with Crippen LogP contribution >= 0.6 is 0 Å². The fourth-order valence-corrected chi connectivity index (χ4v) is 5.85. The second kappa shape index (κ2) is 5.85. The number of nitrogens with one attached hydrogen (secondary N) is 2. The Balaban J connectivity index is 1.32. The van der Waals surface area contributed by atoms with E-state index in [4.69, 9.17) is 0 Å². The van der Waals surface area contributed by atoms with Gasteiger partial charge in [0.15, 0.2) is 0 Å². The first-order valence-corrected chi connectivity index (χ1v) is 9.21. The lowest BCUT2D eigenvalue weighted by atomic mass is 9.49. The molecule has 4 aliphatic rings. The number of amides is 2. The molecule has 0 heterocycles. The van der Waals surface area contributed by atoms with Crippen molar-refractivity contribution in [2.75, 3.05) is 6.54 Å². The van der Waals surface area contributed by atoms with E-state index in [1.165, 1.54) is 38.5 Å². The molecule has 0 radical (unpaired) electrons. The van der Waals surface area contributed by atoms with Gasteiger partial charge in [0.05, 0.1) is 6.04 Å². The third-order valence-electron chi connectivity index (χ3n) is 6.44. The predicted octanol–water partition coefficient (Wildman–Crippen LogP) is 4.26. The minimum absolute atomic E-state index is 0.0166. The molecule has 23 heavy (non-hydrogen) atoms. The van der Waals surface area contributed by atoms with Crippen molar-refractivity contribution in [2.45, 2.75) is 51.5 Å². The summed E-state index contributed by atoms with van der Waals surface area (Å²) in [5.74, 6) is 2.82. The Kier molecular flexibility index (Phi) is 3.82. The summed E-state index contributed by atoms with van der Waals surface area (Å²) in [6.45, 7) is 2.91. The molecule has 0 unspecified atom stereocenters. The van der Waals surface area contributed by atoms with Gasteiger partial charge in [-0.15, -0.1) is 0 Å². The summed E-state index contributed by atoms with van der Waals surface area (Å²) in [6.07, 6.45) is 8.39. The highest BCUT2D eigenvalue weighted by molar-refractivity contribution is 5.74. The van der Waals surface area contributed by atoms with Crippen molar-refractivity contribution < 1.29 is 4.79 Å². The molecule has 4 saturated carbocycles. The molecule has 0 saturated heterocycles. The molecule has 124 valence electrons. The van der Waals surface area contributed by atoms with E-state index in [-0.39, 0.29) is 12.1 Å². The first-order valence-electron chi connectivity index (χ1n) is 9.21. The molecule has 2 N–H and O–H groups in total. The van der Waals surface area contributed by atoms with Gasteiger partial charge in [0.2, 0.25) is 0 Å². The molecule has 0 spiro atoms. The molecule has 3 heteroatoms. The zero-order valence-corrected chi connectivity index (χ0v) is 14.1. The van der Waals surface area contributed by atoms with Crippen LogP contribution in [0.15, 0.2) is 30.3 Å². The number of rotatable bonds is 4. The Morgan fingerprint density at radius 3 is 2.22 bits per heavy atom. The van der Waals surface area contributed by atoms with Crippen LogP contribution in [0.2, 0.25) is 0 Å².